The van der Waals surface area contributed by atoms with Gasteiger partial charge in [0.05, 0.1) is 25.9 Å². The van der Waals surface area contributed by atoms with Gasteiger partial charge < -0.3 is 25.3 Å². The second kappa shape index (κ2) is 12.8. The Bertz CT molecular complexity index is 806. The maximum atomic E-state index is 12.3. The van der Waals surface area contributed by atoms with Gasteiger partial charge in [0.15, 0.2) is 5.96 Å². The number of guanidine groups is 1. The number of nitrogens with one attached hydrogen (secondary N) is 3. The van der Waals surface area contributed by atoms with E-state index < -0.39 is 0 Å². The van der Waals surface area contributed by atoms with Crippen molar-refractivity contribution >= 4 is 41.8 Å². The highest BCUT2D eigenvalue weighted by Gasteiger charge is 2.08. The van der Waals surface area contributed by atoms with Gasteiger partial charge in [0, 0.05) is 26.2 Å². The molecular formula is C20H28IN5O3. The molecule has 0 bridgehead atoms. The summed E-state index contributed by atoms with van der Waals surface area (Å²) in [6.07, 6.45) is 1.57. The van der Waals surface area contributed by atoms with Crippen LogP contribution in [0.4, 0.5) is 0 Å². The highest BCUT2D eigenvalue weighted by atomic mass is 127. The molecule has 2 rings (SSSR count). The lowest BCUT2D eigenvalue weighted by Crippen LogP contribution is -2.42. The molecule has 2 amide bonds. The van der Waals surface area contributed by atoms with Crippen LogP contribution >= 0.6 is 24.0 Å². The number of amides is 2. The lowest BCUT2D eigenvalue weighted by Gasteiger charge is -2.14. The average molecular weight is 513 g/mol. The Morgan fingerprint density at radius 3 is 2.55 bits per heavy atom. The summed E-state index contributed by atoms with van der Waals surface area (Å²) in [5.41, 5.74) is 1.45. The summed E-state index contributed by atoms with van der Waals surface area (Å²) in [6, 6.07) is 10.9. The first-order chi connectivity index (χ1) is 13.5. The largest absolute Gasteiger partial charge is 0.467 e. The van der Waals surface area contributed by atoms with Gasteiger partial charge in [-0.15, -0.1) is 24.0 Å². The fourth-order valence-corrected chi connectivity index (χ4v) is 2.32. The third kappa shape index (κ3) is 8.55. The van der Waals surface area contributed by atoms with Crippen LogP contribution in [0.3, 0.4) is 0 Å². The van der Waals surface area contributed by atoms with Crippen LogP contribution in [0.2, 0.25) is 0 Å². The summed E-state index contributed by atoms with van der Waals surface area (Å²) in [6.45, 7) is 3.51. The number of benzene rings is 1. The third-order valence-corrected chi connectivity index (χ3v) is 3.86. The second-order valence-electron chi connectivity index (χ2n) is 6.30. The van der Waals surface area contributed by atoms with E-state index in [-0.39, 0.29) is 42.3 Å². The Hall–Kier alpha value is -2.56. The molecule has 0 aliphatic carbocycles. The normalized spacial score (nSPS) is 10.7. The number of likely N-dealkylation sites (N-methyl/N-ethyl adjacent to an activating group) is 1. The highest BCUT2D eigenvalue weighted by molar-refractivity contribution is 14.0. The van der Waals surface area contributed by atoms with Gasteiger partial charge in [-0.1, -0.05) is 12.1 Å². The van der Waals surface area contributed by atoms with E-state index in [1.165, 1.54) is 4.90 Å². The molecule has 0 spiro atoms. The Morgan fingerprint density at radius 2 is 1.90 bits per heavy atom. The molecule has 9 heteroatoms. The van der Waals surface area contributed by atoms with Crippen molar-refractivity contribution in [1.82, 2.24) is 20.9 Å². The average Bonchev–Trinajstić information content (AvgIpc) is 3.21. The molecule has 1 aromatic carbocycles. The van der Waals surface area contributed by atoms with Gasteiger partial charge in [-0.3, -0.25) is 9.59 Å². The molecule has 0 unspecified atom stereocenters. The topological polar surface area (TPSA) is 99.0 Å². The van der Waals surface area contributed by atoms with Crippen LogP contribution in [0.1, 0.15) is 28.6 Å². The summed E-state index contributed by atoms with van der Waals surface area (Å²) in [7, 11) is 3.41. The number of halogens is 1. The fraction of sp³-hybridized carbons (Fsp3) is 0.350. The predicted octanol–water partition coefficient (Wildman–Crippen LogP) is 1.97. The molecule has 158 valence electrons. The van der Waals surface area contributed by atoms with Gasteiger partial charge in [-0.25, -0.2) is 4.99 Å². The number of nitrogens with zero attached hydrogens (tertiary/aromatic N) is 2. The maximum absolute atomic E-state index is 12.3. The van der Waals surface area contributed by atoms with Crippen molar-refractivity contribution < 1.29 is 14.0 Å². The molecule has 0 saturated carbocycles. The first-order valence-electron chi connectivity index (χ1n) is 9.11. The lowest BCUT2D eigenvalue weighted by molar-refractivity contribution is -0.127. The number of hydrogen-bond donors (Lipinski definition) is 3. The van der Waals surface area contributed by atoms with Crippen LogP contribution in [-0.2, 0) is 17.9 Å². The molecule has 0 saturated heterocycles. The van der Waals surface area contributed by atoms with Crippen molar-refractivity contribution in [2.45, 2.75) is 20.0 Å². The molecular weight excluding hydrogens is 485 g/mol. The zero-order valence-electron chi connectivity index (χ0n) is 16.9. The Kier molecular flexibility index (Phi) is 10.8. The Morgan fingerprint density at radius 1 is 1.10 bits per heavy atom. The molecule has 8 nitrogen and oxygen atoms in total. The molecule has 0 aliphatic heterocycles. The summed E-state index contributed by atoms with van der Waals surface area (Å²) in [5, 5.41) is 8.92. The number of rotatable bonds is 8. The van der Waals surface area contributed by atoms with Crippen molar-refractivity contribution in [3.63, 3.8) is 0 Å². The van der Waals surface area contributed by atoms with Crippen LogP contribution in [0.5, 0.6) is 0 Å². The van der Waals surface area contributed by atoms with Crippen LogP contribution in [0, 0.1) is 0 Å². The van der Waals surface area contributed by atoms with Crippen LogP contribution in [0.15, 0.2) is 52.1 Å². The fourth-order valence-electron chi connectivity index (χ4n) is 2.32. The standard InChI is InChI=1S/C20H27N5O3.HI/c1-4-21-20(24-14-18(26)25(2)3)23-12-15-7-5-8-16(11-15)19(27)22-13-17-9-6-10-28-17;/h5-11H,4,12-14H2,1-3H3,(H,22,27)(H2,21,23,24);1H. The number of carbonyl (C=O) groups is 2. The van der Waals surface area contributed by atoms with E-state index in [4.69, 9.17) is 4.42 Å². The predicted molar refractivity (Wildman–Crippen MR) is 123 cm³/mol. The van der Waals surface area contributed by atoms with E-state index in [1.807, 2.05) is 25.1 Å². The summed E-state index contributed by atoms with van der Waals surface area (Å²) < 4.78 is 5.21. The van der Waals surface area contributed by atoms with Crippen molar-refractivity contribution in [2.24, 2.45) is 4.99 Å². The van der Waals surface area contributed by atoms with E-state index in [1.54, 1.807) is 38.6 Å². The van der Waals surface area contributed by atoms with E-state index in [2.05, 4.69) is 20.9 Å². The van der Waals surface area contributed by atoms with Crippen LogP contribution in [0.25, 0.3) is 0 Å². The Labute approximate surface area is 188 Å². The van der Waals surface area contributed by atoms with Crippen LogP contribution < -0.4 is 16.0 Å². The third-order valence-electron chi connectivity index (χ3n) is 3.86. The molecule has 1 aromatic heterocycles. The lowest BCUT2D eigenvalue weighted by atomic mass is 10.1. The van der Waals surface area contributed by atoms with Crippen molar-refractivity contribution in [3.05, 3.63) is 59.5 Å². The number of hydrogen-bond acceptors (Lipinski definition) is 4. The van der Waals surface area contributed by atoms with Gasteiger partial charge in [0.25, 0.3) is 5.91 Å². The highest BCUT2D eigenvalue weighted by Crippen LogP contribution is 2.08. The quantitative estimate of drug-likeness (QED) is 0.285. The monoisotopic (exact) mass is 513 g/mol. The van der Waals surface area contributed by atoms with Crippen molar-refractivity contribution in [3.8, 4) is 0 Å². The molecule has 2 aromatic rings. The van der Waals surface area contributed by atoms with Crippen molar-refractivity contribution in [2.75, 3.05) is 27.2 Å². The van der Waals surface area contributed by atoms with Gasteiger partial charge >= 0.3 is 0 Å². The second-order valence-corrected chi connectivity index (χ2v) is 6.30. The Balaban J connectivity index is 0.00000420. The SMILES string of the molecule is CCNC(=NCc1cccc(C(=O)NCc2ccco2)c1)NCC(=O)N(C)C.I. The molecule has 3 N–H and O–H groups in total. The minimum Gasteiger partial charge on any atom is -0.467 e. The smallest absolute Gasteiger partial charge is 0.251 e. The van der Waals surface area contributed by atoms with Gasteiger partial charge in [-0.2, -0.15) is 0 Å². The minimum atomic E-state index is -0.177. The number of furan rings is 1. The summed E-state index contributed by atoms with van der Waals surface area (Å²) in [4.78, 5) is 30.0. The van der Waals surface area contributed by atoms with E-state index in [9.17, 15) is 9.59 Å². The first-order valence-corrected chi connectivity index (χ1v) is 9.11. The molecule has 0 atom stereocenters. The summed E-state index contributed by atoms with van der Waals surface area (Å²) >= 11 is 0. The molecule has 0 radical (unpaired) electrons. The molecule has 0 aliphatic rings. The zero-order valence-corrected chi connectivity index (χ0v) is 19.2. The molecule has 0 fully saturated rings. The first kappa shape index (κ1) is 24.5. The van der Waals surface area contributed by atoms with Crippen molar-refractivity contribution in [1.29, 1.82) is 0 Å². The maximum Gasteiger partial charge on any atom is 0.251 e. The van der Waals surface area contributed by atoms with Gasteiger partial charge in [0.2, 0.25) is 5.91 Å². The molecule has 29 heavy (non-hydrogen) atoms. The van der Waals surface area contributed by atoms with E-state index in [0.29, 0.717) is 36.9 Å². The zero-order chi connectivity index (χ0) is 20.4. The molecule has 1 heterocycles. The summed E-state index contributed by atoms with van der Waals surface area (Å²) in [5.74, 6) is 1.03. The van der Waals surface area contributed by atoms with E-state index in [0.717, 1.165) is 5.56 Å². The van der Waals surface area contributed by atoms with Gasteiger partial charge in [0.1, 0.15) is 5.76 Å². The minimum absolute atomic E-state index is 0. The number of carbonyl (C=O) groups excluding carboxylic acids is 2. The number of aliphatic imine (C=N–C) groups is 1. The van der Waals surface area contributed by atoms with Crippen LogP contribution in [-0.4, -0.2) is 49.9 Å². The van der Waals surface area contributed by atoms with Gasteiger partial charge in [-0.05, 0) is 36.8 Å². The van der Waals surface area contributed by atoms with E-state index >= 15 is 0 Å².